The molecule has 0 unspecified atom stereocenters. The molecule has 0 fully saturated rings. The zero-order chi connectivity index (χ0) is 58.0. The highest BCUT2D eigenvalue weighted by Crippen LogP contribution is 2.51. The minimum absolute atomic E-state index is 0.0847. The van der Waals surface area contributed by atoms with Crippen LogP contribution < -0.4 is 14.5 Å². The third kappa shape index (κ3) is 6.11. The van der Waals surface area contributed by atoms with Crippen molar-refractivity contribution in [3.63, 3.8) is 0 Å². The van der Waals surface area contributed by atoms with Gasteiger partial charge in [0.2, 0.25) is 0 Å². The fraction of sp³-hybridized carbons (Fsp3) is 0.106. The maximum absolute atomic E-state index is 9.14. The van der Waals surface area contributed by atoms with E-state index in [4.69, 9.17) is 23.4 Å². The second-order valence-electron chi connectivity index (χ2n) is 20.3. The van der Waals surface area contributed by atoms with E-state index in [1.165, 1.54) is 9.13 Å². The van der Waals surface area contributed by atoms with Gasteiger partial charge in [0, 0.05) is 106 Å². The number of fused-ring (bicyclic) bond motifs is 13. The molecule has 1 aliphatic heterocycles. The Labute approximate surface area is 441 Å². The van der Waals surface area contributed by atoms with Crippen molar-refractivity contribution in [1.82, 2.24) is 23.3 Å². The lowest BCUT2D eigenvalue weighted by Gasteiger charge is -2.25. The maximum atomic E-state index is 9.14. The highest BCUT2D eigenvalue weighted by atomic mass is 16.5. The quantitative estimate of drug-likeness (QED) is 0.167. The van der Waals surface area contributed by atoms with E-state index < -0.39 is 14.0 Å². The molecule has 0 spiro atoms. The van der Waals surface area contributed by atoms with Gasteiger partial charge < -0.3 is 28.2 Å². The Bertz CT molecular complexity index is 5030. The van der Waals surface area contributed by atoms with Crippen LogP contribution in [0.2, 0.25) is 0 Å². The van der Waals surface area contributed by atoms with Crippen LogP contribution in [-0.2, 0) is 19.4 Å². The Morgan fingerprint density at radius 2 is 1.11 bits per heavy atom. The number of aryl methyl sites for hydroxylation is 2. The van der Waals surface area contributed by atoms with Gasteiger partial charge in [-0.3, -0.25) is 4.57 Å². The minimum Gasteiger partial charge on any atom is -0.457 e. The SMILES string of the molecule is [2H]c1c([2H])c([2H])c2c(c1[2H])c1ccccc1n2-c1ccc2c(c1)c1ccc(Oc3cccc(N4CN(c5c6c(cc7c8ccccc8n(C([2H])([2H])[2H])c57)c5ccccc5n6C([2H])([2H])[2H])c5ccccc54)c3)cc1n2-c1cc(C(C)(C)C)ccn1. The molecule has 1 aliphatic rings. The molecule has 15 rings (SSSR count). The molecule has 0 saturated carbocycles. The Morgan fingerprint density at radius 1 is 0.473 bits per heavy atom. The highest BCUT2D eigenvalue weighted by molar-refractivity contribution is 6.25. The lowest BCUT2D eigenvalue weighted by molar-refractivity contribution is 0.483. The third-order valence-corrected chi connectivity index (χ3v) is 15.1. The maximum Gasteiger partial charge on any atom is 0.137 e. The number of ether oxygens (including phenoxy) is 1. The summed E-state index contributed by atoms with van der Waals surface area (Å²) in [6.45, 7) is 1.41. The summed E-state index contributed by atoms with van der Waals surface area (Å²) in [6.07, 6.45) is 1.83. The van der Waals surface area contributed by atoms with Crippen molar-refractivity contribution in [2.45, 2.75) is 26.2 Å². The van der Waals surface area contributed by atoms with Crippen LogP contribution in [-0.4, -0.2) is 29.9 Å². The molecule has 0 bridgehead atoms. The number of benzene rings is 9. The van der Waals surface area contributed by atoms with Gasteiger partial charge in [-0.25, -0.2) is 4.98 Å². The summed E-state index contributed by atoms with van der Waals surface area (Å²) in [5.41, 5.74) is 9.16. The molecule has 5 aromatic heterocycles. The molecular formula is C66H51N7O. The normalized spacial score (nSPS) is 15.4. The monoisotopic (exact) mass is 967 g/mol. The summed E-state index contributed by atoms with van der Waals surface area (Å²) >= 11 is 0. The Balaban J connectivity index is 0.876. The number of hydrogen-bond acceptors (Lipinski definition) is 4. The zero-order valence-corrected chi connectivity index (χ0v) is 40.6. The summed E-state index contributed by atoms with van der Waals surface area (Å²) < 4.78 is 103. The van der Waals surface area contributed by atoms with Crippen LogP contribution in [0.5, 0.6) is 11.5 Å². The van der Waals surface area contributed by atoms with Crippen LogP contribution in [0.15, 0.2) is 206 Å². The first-order valence-corrected chi connectivity index (χ1v) is 24.7. The average Bonchev–Trinajstić information content (AvgIpc) is 1.62. The first-order chi connectivity index (χ1) is 40.3. The first-order valence-electron chi connectivity index (χ1n) is 29.7. The van der Waals surface area contributed by atoms with Crippen molar-refractivity contribution in [1.29, 1.82) is 0 Å². The lowest BCUT2D eigenvalue weighted by Crippen LogP contribution is -2.25. The second kappa shape index (κ2) is 15.6. The van der Waals surface area contributed by atoms with E-state index in [1.54, 1.807) is 12.1 Å². The number of hydrogen-bond donors (Lipinski definition) is 0. The predicted octanol–water partition coefficient (Wildman–Crippen LogP) is 16.9. The van der Waals surface area contributed by atoms with Gasteiger partial charge in [0.1, 0.15) is 24.0 Å². The van der Waals surface area contributed by atoms with Crippen molar-refractivity contribution in [2.24, 2.45) is 14.0 Å². The number of aromatic nitrogens is 5. The number of anilines is 4. The van der Waals surface area contributed by atoms with E-state index in [1.807, 2.05) is 162 Å². The molecule has 14 aromatic rings. The minimum atomic E-state index is -2.64. The Kier molecular flexibility index (Phi) is 7.05. The van der Waals surface area contributed by atoms with E-state index in [9.17, 15) is 0 Å². The number of pyridine rings is 1. The molecule has 0 N–H and O–H groups in total. The van der Waals surface area contributed by atoms with E-state index >= 15 is 0 Å². The average molecular weight is 968 g/mol. The Hall–Kier alpha value is -9.27. The first kappa shape index (κ1) is 33.4. The summed E-state index contributed by atoms with van der Waals surface area (Å²) in [6, 6.07) is 55.6. The molecule has 0 saturated heterocycles. The van der Waals surface area contributed by atoms with Gasteiger partial charge in [-0.1, -0.05) is 112 Å². The number of nitrogens with zero attached hydrogens (tertiary/aromatic N) is 7. The van der Waals surface area contributed by atoms with Crippen LogP contribution in [0.25, 0.3) is 98.7 Å². The largest absolute Gasteiger partial charge is 0.457 e. The van der Waals surface area contributed by atoms with Gasteiger partial charge >= 0.3 is 0 Å². The van der Waals surface area contributed by atoms with E-state index in [0.717, 1.165) is 71.8 Å². The Morgan fingerprint density at radius 3 is 1.84 bits per heavy atom. The molecule has 74 heavy (non-hydrogen) atoms. The fourth-order valence-corrected chi connectivity index (χ4v) is 11.7. The van der Waals surface area contributed by atoms with Crippen molar-refractivity contribution in [3.05, 3.63) is 212 Å². The van der Waals surface area contributed by atoms with E-state index in [0.29, 0.717) is 66.7 Å². The number of rotatable bonds is 6. The zero-order valence-electron chi connectivity index (χ0n) is 50.6. The van der Waals surface area contributed by atoms with Gasteiger partial charge in [-0.2, -0.15) is 0 Å². The molecule has 0 atom stereocenters. The summed E-state index contributed by atoms with van der Waals surface area (Å²) in [7, 11) is 0. The van der Waals surface area contributed by atoms with Crippen LogP contribution >= 0.6 is 0 Å². The molecule has 8 heteroatoms. The van der Waals surface area contributed by atoms with Crippen molar-refractivity contribution in [2.75, 3.05) is 16.5 Å². The summed E-state index contributed by atoms with van der Waals surface area (Å²) in [4.78, 5) is 9.14. The van der Waals surface area contributed by atoms with Crippen molar-refractivity contribution in [3.8, 4) is 23.0 Å². The van der Waals surface area contributed by atoms with Crippen LogP contribution in [0.4, 0.5) is 22.7 Å². The molecule has 0 aliphatic carbocycles. The van der Waals surface area contributed by atoms with Crippen molar-refractivity contribution >= 4 is 110 Å². The van der Waals surface area contributed by atoms with E-state index in [2.05, 4.69) is 47.3 Å². The van der Waals surface area contributed by atoms with Gasteiger partial charge in [-0.05, 0) is 108 Å². The van der Waals surface area contributed by atoms with Crippen LogP contribution in [0.3, 0.4) is 0 Å². The molecule has 6 heterocycles. The third-order valence-electron chi connectivity index (χ3n) is 15.1. The summed E-state index contributed by atoms with van der Waals surface area (Å²) in [5.74, 6) is 1.82. The standard InChI is InChI=1S/C66H51N7O/c1-66(2,3)41-33-34-67-62(35-41)73-58-32-29-43(72-56-25-12-8-19-46(56)47-20-9-13-26-57(47)72)37-51(58)50-31-30-45(38-61(50)73)74-44-18-16-17-42(36-44)70-40-71(60-28-15-14-27-59(60)70)65-63-52(48-21-6-10-23-54(48)68(63)4)39-53-49-22-7-11-24-55(49)69(5)64(53)65/h6-39H,40H2,1-5H3/i4D3,5D3,8D,12D,19D,25D. The molecule has 0 radical (unpaired) electrons. The molecule has 9 aromatic carbocycles. The van der Waals surface area contributed by atoms with Crippen molar-refractivity contribution < 1.29 is 18.4 Å². The molecule has 356 valence electrons. The van der Waals surface area contributed by atoms with Crippen LogP contribution in [0.1, 0.15) is 40.0 Å². The second-order valence-corrected chi connectivity index (χ2v) is 20.3. The van der Waals surface area contributed by atoms with E-state index in [-0.39, 0.29) is 36.3 Å². The van der Waals surface area contributed by atoms with Gasteiger partial charge in [-0.15, -0.1) is 0 Å². The smallest absolute Gasteiger partial charge is 0.137 e. The number of para-hydroxylation sites is 6. The van der Waals surface area contributed by atoms with Crippen LogP contribution in [0, 0.1) is 0 Å². The lowest BCUT2D eigenvalue weighted by atomic mass is 9.88. The summed E-state index contributed by atoms with van der Waals surface area (Å²) in [5, 5.41) is 5.87. The molecule has 8 nitrogen and oxygen atoms in total. The predicted molar refractivity (Wildman–Crippen MR) is 308 cm³/mol. The van der Waals surface area contributed by atoms with Gasteiger partial charge in [0.25, 0.3) is 0 Å². The highest BCUT2D eigenvalue weighted by Gasteiger charge is 2.33. The van der Waals surface area contributed by atoms with Gasteiger partial charge in [0.05, 0.1) is 55.6 Å². The molecular weight excluding hydrogens is 907 g/mol. The van der Waals surface area contributed by atoms with Gasteiger partial charge in [0.15, 0.2) is 0 Å². The topological polar surface area (TPSA) is 48.3 Å². The fourth-order valence-electron chi connectivity index (χ4n) is 11.7. The molecule has 0 amide bonds.